The van der Waals surface area contributed by atoms with Gasteiger partial charge in [-0.15, -0.1) is 0 Å². The third kappa shape index (κ3) is 3.69. The zero-order valence-corrected chi connectivity index (χ0v) is 13.4. The van der Waals surface area contributed by atoms with E-state index in [1.54, 1.807) is 6.20 Å². The molecule has 0 saturated heterocycles. The average molecular weight is 360 g/mol. The molecule has 1 aromatic carbocycles. The SMILES string of the molecule is CNC(Cc1c(Cl)cccc1Cl)c1cncc(Br)c1. The van der Waals surface area contributed by atoms with E-state index in [1.165, 1.54) is 0 Å². The van der Waals surface area contributed by atoms with Crippen LogP contribution in [0.1, 0.15) is 17.2 Å². The Balaban J connectivity index is 2.29. The van der Waals surface area contributed by atoms with Gasteiger partial charge in [0.2, 0.25) is 0 Å². The molecule has 5 heteroatoms. The maximum Gasteiger partial charge on any atom is 0.0453 e. The van der Waals surface area contributed by atoms with Crippen molar-refractivity contribution in [1.29, 1.82) is 0 Å². The molecule has 1 atom stereocenters. The van der Waals surface area contributed by atoms with Crippen molar-refractivity contribution in [3.05, 3.63) is 62.3 Å². The number of benzene rings is 1. The molecule has 0 aliphatic carbocycles. The second kappa shape index (κ2) is 6.71. The Morgan fingerprint density at radius 1 is 1.26 bits per heavy atom. The summed E-state index contributed by atoms with van der Waals surface area (Å²) in [5, 5.41) is 4.65. The highest BCUT2D eigenvalue weighted by atomic mass is 79.9. The molecule has 0 spiro atoms. The van der Waals surface area contributed by atoms with Gasteiger partial charge in [0.25, 0.3) is 0 Å². The quantitative estimate of drug-likeness (QED) is 0.859. The Hall–Kier alpha value is -0.610. The minimum absolute atomic E-state index is 0.113. The highest BCUT2D eigenvalue weighted by molar-refractivity contribution is 9.10. The van der Waals surface area contributed by atoms with Gasteiger partial charge in [-0.3, -0.25) is 4.98 Å². The van der Waals surface area contributed by atoms with E-state index < -0.39 is 0 Å². The molecule has 1 unspecified atom stereocenters. The molecule has 0 radical (unpaired) electrons. The summed E-state index contributed by atoms with van der Waals surface area (Å²) in [4.78, 5) is 4.19. The zero-order valence-electron chi connectivity index (χ0n) is 10.3. The normalized spacial score (nSPS) is 12.4. The maximum atomic E-state index is 6.21. The lowest BCUT2D eigenvalue weighted by molar-refractivity contribution is 0.590. The second-order valence-electron chi connectivity index (χ2n) is 4.18. The van der Waals surface area contributed by atoms with Gasteiger partial charge in [0.1, 0.15) is 0 Å². The van der Waals surface area contributed by atoms with E-state index >= 15 is 0 Å². The second-order valence-corrected chi connectivity index (χ2v) is 5.91. The number of likely N-dealkylation sites (N-methyl/N-ethyl adjacent to an activating group) is 1. The van der Waals surface area contributed by atoms with E-state index in [9.17, 15) is 0 Å². The molecule has 0 aliphatic heterocycles. The number of hydrogen-bond acceptors (Lipinski definition) is 2. The number of hydrogen-bond donors (Lipinski definition) is 1. The van der Waals surface area contributed by atoms with Crippen LogP contribution >= 0.6 is 39.1 Å². The number of rotatable bonds is 4. The standard InChI is InChI=1S/C14H13BrCl2N2/c1-18-14(9-5-10(15)8-19-7-9)6-11-12(16)3-2-4-13(11)17/h2-5,7-8,14,18H,6H2,1H3. The molecule has 0 bridgehead atoms. The first-order valence-corrected chi connectivity index (χ1v) is 7.37. The molecule has 2 aromatic rings. The fourth-order valence-corrected chi connectivity index (χ4v) is 2.87. The van der Waals surface area contributed by atoms with E-state index in [1.807, 2.05) is 37.5 Å². The van der Waals surface area contributed by atoms with Crippen LogP contribution in [0.15, 0.2) is 41.1 Å². The first-order valence-electron chi connectivity index (χ1n) is 5.82. The first kappa shape index (κ1) is 14.8. The number of halogens is 3. The molecule has 19 heavy (non-hydrogen) atoms. The maximum absolute atomic E-state index is 6.21. The summed E-state index contributed by atoms with van der Waals surface area (Å²) in [5.41, 5.74) is 2.04. The molecule has 0 saturated carbocycles. The monoisotopic (exact) mass is 358 g/mol. The summed E-state index contributed by atoms with van der Waals surface area (Å²) in [6.07, 6.45) is 4.32. The molecule has 0 fully saturated rings. The number of nitrogens with zero attached hydrogens (tertiary/aromatic N) is 1. The molecular weight excluding hydrogens is 347 g/mol. The largest absolute Gasteiger partial charge is 0.313 e. The van der Waals surface area contributed by atoms with Crippen molar-refractivity contribution >= 4 is 39.1 Å². The van der Waals surface area contributed by atoms with Gasteiger partial charge >= 0.3 is 0 Å². The molecule has 1 aromatic heterocycles. The topological polar surface area (TPSA) is 24.9 Å². The fraction of sp³-hybridized carbons (Fsp3) is 0.214. The Kier molecular flexibility index (Phi) is 5.22. The smallest absolute Gasteiger partial charge is 0.0453 e. The van der Waals surface area contributed by atoms with E-state index in [2.05, 4.69) is 26.2 Å². The van der Waals surface area contributed by atoms with Gasteiger partial charge < -0.3 is 5.32 Å². The Morgan fingerprint density at radius 3 is 2.53 bits per heavy atom. The van der Waals surface area contributed by atoms with Crippen LogP contribution in [0.4, 0.5) is 0 Å². The summed E-state index contributed by atoms with van der Waals surface area (Å²) in [7, 11) is 1.91. The van der Waals surface area contributed by atoms with Crippen molar-refractivity contribution in [2.45, 2.75) is 12.5 Å². The van der Waals surface area contributed by atoms with Crippen molar-refractivity contribution in [2.24, 2.45) is 0 Å². The van der Waals surface area contributed by atoms with Crippen LogP contribution in [0, 0.1) is 0 Å². The molecule has 100 valence electrons. The van der Waals surface area contributed by atoms with Crippen molar-refractivity contribution < 1.29 is 0 Å². The minimum atomic E-state index is 0.113. The molecule has 2 rings (SSSR count). The van der Waals surface area contributed by atoms with Crippen molar-refractivity contribution in [3.63, 3.8) is 0 Å². The van der Waals surface area contributed by atoms with Gasteiger partial charge in [0.05, 0.1) is 0 Å². The van der Waals surface area contributed by atoms with Gasteiger partial charge in [-0.05, 0) is 58.7 Å². The fourth-order valence-electron chi connectivity index (χ4n) is 1.94. The highest BCUT2D eigenvalue weighted by Crippen LogP contribution is 2.29. The van der Waals surface area contributed by atoms with E-state index in [4.69, 9.17) is 23.2 Å². The first-order chi connectivity index (χ1) is 9.11. The van der Waals surface area contributed by atoms with Crippen LogP contribution in [0.2, 0.25) is 10.0 Å². The predicted octanol–water partition coefficient (Wildman–Crippen LogP) is 4.65. The zero-order chi connectivity index (χ0) is 13.8. The molecule has 0 aliphatic rings. The number of aromatic nitrogens is 1. The number of nitrogens with one attached hydrogen (secondary N) is 1. The van der Waals surface area contributed by atoms with Crippen molar-refractivity contribution in [3.8, 4) is 0 Å². The van der Waals surface area contributed by atoms with Gasteiger partial charge in [-0.2, -0.15) is 0 Å². The van der Waals surface area contributed by atoms with Gasteiger partial charge in [0.15, 0.2) is 0 Å². The lowest BCUT2D eigenvalue weighted by Gasteiger charge is -2.18. The van der Waals surface area contributed by atoms with Crippen LogP contribution in [0.5, 0.6) is 0 Å². The van der Waals surface area contributed by atoms with Crippen LogP contribution < -0.4 is 5.32 Å². The number of pyridine rings is 1. The Morgan fingerprint density at radius 2 is 1.95 bits per heavy atom. The van der Waals surface area contributed by atoms with Crippen LogP contribution in [-0.4, -0.2) is 12.0 Å². The predicted molar refractivity (Wildman–Crippen MR) is 83.9 cm³/mol. The molecule has 1 N–H and O–H groups in total. The van der Waals surface area contributed by atoms with Gasteiger partial charge in [-0.25, -0.2) is 0 Å². The van der Waals surface area contributed by atoms with E-state index in [-0.39, 0.29) is 6.04 Å². The summed E-state index contributed by atoms with van der Waals surface area (Å²) in [6, 6.07) is 7.72. The average Bonchev–Trinajstić information content (AvgIpc) is 2.38. The lowest BCUT2D eigenvalue weighted by Crippen LogP contribution is -2.19. The van der Waals surface area contributed by atoms with Crippen LogP contribution in [0.25, 0.3) is 0 Å². The summed E-state index contributed by atoms with van der Waals surface area (Å²) < 4.78 is 0.954. The van der Waals surface area contributed by atoms with Crippen molar-refractivity contribution in [2.75, 3.05) is 7.05 Å². The highest BCUT2D eigenvalue weighted by Gasteiger charge is 2.15. The summed E-state index contributed by atoms with van der Waals surface area (Å²) >= 11 is 15.9. The lowest BCUT2D eigenvalue weighted by atomic mass is 10.0. The third-order valence-corrected chi connectivity index (χ3v) is 4.09. The third-order valence-electron chi connectivity index (χ3n) is 2.95. The molecule has 2 nitrogen and oxygen atoms in total. The minimum Gasteiger partial charge on any atom is -0.313 e. The molecular formula is C14H13BrCl2N2. The Labute approximate surface area is 131 Å². The molecule has 1 heterocycles. The van der Waals surface area contributed by atoms with Gasteiger partial charge in [-0.1, -0.05) is 29.3 Å². The summed E-state index contributed by atoms with van der Waals surface area (Å²) in [5.74, 6) is 0. The van der Waals surface area contributed by atoms with Crippen LogP contribution in [-0.2, 0) is 6.42 Å². The van der Waals surface area contributed by atoms with Gasteiger partial charge in [0, 0.05) is 33.0 Å². The molecule has 0 amide bonds. The summed E-state index contributed by atoms with van der Waals surface area (Å²) in [6.45, 7) is 0. The Bertz CT molecular complexity index is 555. The van der Waals surface area contributed by atoms with E-state index in [0.717, 1.165) is 15.6 Å². The van der Waals surface area contributed by atoms with Crippen LogP contribution in [0.3, 0.4) is 0 Å². The van der Waals surface area contributed by atoms with E-state index in [0.29, 0.717) is 16.5 Å². The van der Waals surface area contributed by atoms with Crippen molar-refractivity contribution in [1.82, 2.24) is 10.3 Å².